The third-order valence-corrected chi connectivity index (χ3v) is 4.92. The first kappa shape index (κ1) is 13.0. The van der Waals surface area contributed by atoms with Gasteiger partial charge in [0.2, 0.25) is 0 Å². The summed E-state index contributed by atoms with van der Waals surface area (Å²) < 4.78 is 26.7. The fourth-order valence-corrected chi connectivity index (χ4v) is 3.99. The van der Waals surface area contributed by atoms with E-state index in [4.69, 9.17) is 5.11 Å². The molecule has 0 amide bonds. The van der Waals surface area contributed by atoms with Gasteiger partial charge in [-0.15, -0.1) is 11.3 Å². The van der Waals surface area contributed by atoms with Crippen LogP contribution in [0.2, 0.25) is 0 Å². The van der Waals surface area contributed by atoms with Crippen molar-refractivity contribution in [3.05, 3.63) is 40.2 Å². The average molecular weight is 284 g/mol. The summed E-state index contributed by atoms with van der Waals surface area (Å²) in [6, 6.07) is 6.46. The Labute approximate surface area is 109 Å². The van der Waals surface area contributed by atoms with Gasteiger partial charge in [0.15, 0.2) is 0 Å². The summed E-state index contributed by atoms with van der Waals surface area (Å²) in [5.74, 6) is 0.272. The van der Waals surface area contributed by atoms with Gasteiger partial charge in [-0.25, -0.2) is 13.4 Å². The van der Waals surface area contributed by atoms with Crippen molar-refractivity contribution in [1.29, 1.82) is 0 Å². The molecule has 0 aromatic carbocycles. The van der Waals surface area contributed by atoms with Gasteiger partial charge in [0.25, 0.3) is 10.0 Å². The summed E-state index contributed by atoms with van der Waals surface area (Å²) in [5.41, 5.74) is 0. The molecule has 0 atom stereocenters. The number of aryl methyl sites for hydroxylation is 1. The molecule has 0 saturated carbocycles. The minimum atomic E-state index is -3.65. The number of hydrogen-bond acceptors (Lipinski definition) is 5. The number of anilines is 1. The normalized spacial score (nSPS) is 11.4. The molecule has 2 aromatic heterocycles. The topological polar surface area (TPSA) is 79.3 Å². The van der Waals surface area contributed by atoms with Crippen molar-refractivity contribution in [2.45, 2.75) is 18.4 Å². The molecule has 0 unspecified atom stereocenters. The molecule has 0 radical (unpaired) electrons. The Hall–Kier alpha value is -1.44. The van der Waals surface area contributed by atoms with Crippen LogP contribution in [0, 0.1) is 6.92 Å². The maximum atomic E-state index is 12.1. The zero-order chi connectivity index (χ0) is 13.2. The molecule has 0 bridgehead atoms. The van der Waals surface area contributed by atoms with E-state index >= 15 is 0 Å². The van der Waals surface area contributed by atoms with Gasteiger partial charge in [0.1, 0.15) is 10.7 Å². The molecule has 2 aromatic rings. The molecule has 2 rings (SSSR count). The van der Waals surface area contributed by atoms with Gasteiger partial charge in [-0.1, -0.05) is 6.07 Å². The lowest BCUT2D eigenvalue weighted by molar-refractivity contribution is 0.285. The minimum Gasteiger partial charge on any atom is -0.391 e. The van der Waals surface area contributed by atoms with E-state index in [1.165, 1.54) is 23.6 Å². The molecular weight excluding hydrogens is 272 g/mol. The van der Waals surface area contributed by atoms with E-state index in [9.17, 15) is 8.42 Å². The van der Waals surface area contributed by atoms with E-state index in [0.717, 1.165) is 0 Å². The van der Waals surface area contributed by atoms with Crippen molar-refractivity contribution in [3.8, 4) is 0 Å². The van der Waals surface area contributed by atoms with Crippen molar-refractivity contribution in [2.24, 2.45) is 0 Å². The molecule has 96 valence electrons. The number of sulfonamides is 1. The number of thiophene rings is 1. The van der Waals surface area contributed by atoms with E-state index in [1.807, 2.05) is 0 Å². The van der Waals surface area contributed by atoms with Gasteiger partial charge >= 0.3 is 0 Å². The summed E-state index contributed by atoms with van der Waals surface area (Å²) >= 11 is 1.26. The second-order valence-electron chi connectivity index (χ2n) is 3.61. The number of nitrogens with one attached hydrogen (secondary N) is 1. The minimum absolute atomic E-state index is 0.162. The molecule has 0 aliphatic rings. The highest BCUT2D eigenvalue weighted by Crippen LogP contribution is 2.26. The molecule has 0 fully saturated rings. The Morgan fingerprint density at radius 3 is 2.78 bits per heavy atom. The highest BCUT2D eigenvalue weighted by molar-refractivity contribution is 7.93. The van der Waals surface area contributed by atoms with Crippen molar-refractivity contribution in [2.75, 3.05) is 4.72 Å². The van der Waals surface area contributed by atoms with Crippen LogP contribution in [0.3, 0.4) is 0 Å². The van der Waals surface area contributed by atoms with Crippen LogP contribution < -0.4 is 4.72 Å². The van der Waals surface area contributed by atoms with E-state index < -0.39 is 10.0 Å². The molecule has 2 N–H and O–H groups in total. The molecule has 2 heterocycles. The molecule has 5 nitrogen and oxygen atoms in total. The first-order valence-corrected chi connectivity index (χ1v) is 7.47. The molecule has 0 spiro atoms. The predicted molar refractivity (Wildman–Crippen MR) is 70.0 cm³/mol. The number of nitrogens with zero attached hydrogens (tertiary/aromatic N) is 1. The van der Waals surface area contributed by atoms with Crippen LogP contribution in [0.4, 0.5) is 5.82 Å². The van der Waals surface area contributed by atoms with Crippen LogP contribution in [0.25, 0.3) is 0 Å². The number of pyridine rings is 1. The Morgan fingerprint density at radius 1 is 1.44 bits per heavy atom. The third-order valence-electron chi connectivity index (χ3n) is 2.27. The smallest absolute Gasteiger partial charge is 0.264 e. The maximum Gasteiger partial charge on any atom is 0.264 e. The lowest BCUT2D eigenvalue weighted by Gasteiger charge is -2.05. The Balaban J connectivity index is 2.34. The van der Waals surface area contributed by atoms with Crippen LogP contribution in [-0.2, 0) is 16.6 Å². The highest BCUT2D eigenvalue weighted by atomic mass is 32.2. The third kappa shape index (κ3) is 2.69. The summed E-state index contributed by atoms with van der Waals surface area (Å²) in [5, 5.41) is 9.01. The van der Waals surface area contributed by atoms with Crippen molar-refractivity contribution in [3.63, 3.8) is 0 Å². The zero-order valence-electron chi connectivity index (χ0n) is 9.62. The molecule has 0 aliphatic heterocycles. The van der Waals surface area contributed by atoms with Crippen LogP contribution in [0.5, 0.6) is 0 Å². The first-order valence-electron chi connectivity index (χ1n) is 5.17. The summed E-state index contributed by atoms with van der Waals surface area (Å²) in [6.45, 7) is 1.54. The Morgan fingerprint density at radius 2 is 2.22 bits per heavy atom. The Bertz CT molecular complexity index is 636. The van der Waals surface area contributed by atoms with E-state index in [0.29, 0.717) is 9.75 Å². The number of aliphatic hydroxyl groups is 1. The standard InChI is InChI=1S/C11H12N2O3S2/c1-8-10(6-9(7-14)17-8)18(15,16)13-11-4-2-3-5-12-11/h2-6,14H,7H2,1H3,(H,12,13). The number of aromatic nitrogens is 1. The highest BCUT2D eigenvalue weighted by Gasteiger charge is 2.20. The van der Waals surface area contributed by atoms with Crippen molar-refractivity contribution in [1.82, 2.24) is 4.98 Å². The quantitative estimate of drug-likeness (QED) is 0.896. The molecular formula is C11H12N2O3S2. The number of hydrogen-bond donors (Lipinski definition) is 2. The largest absolute Gasteiger partial charge is 0.391 e. The summed E-state index contributed by atoms with van der Waals surface area (Å²) in [6.07, 6.45) is 1.51. The van der Waals surface area contributed by atoms with Crippen LogP contribution in [-0.4, -0.2) is 18.5 Å². The second-order valence-corrected chi connectivity index (χ2v) is 6.60. The monoisotopic (exact) mass is 284 g/mol. The molecule has 7 heteroatoms. The summed E-state index contributed by atoms with van der Waals surface area (Å²) in [7, 11) is -3.65. The fraction of sp³-hybridized carbons (Fsp3) is 0.182. The van der Waals surface area contributed by atoms with Gasteiger partial charge in [0, 0.05) is 16.0 Å². The first-order chi connectivity index (χ1) is 8.53. The van der Waals surface area contributed by atoms with Crippen molar-refractivity contribution >= 4 is 27.2 Å². The number of rotatable bonds is 4. The SMILES string of the molecule is Cc1sc(CO)cc1S(=O)(=O)Nc1ccccn1. The van der Waals surface area contributed by atoms with Gasteiger partial charge < -0.3 is 5.11 Å². The van der Waals surface area contributed by atoms with Crippen LogP contribution >= 0.6 is 11.3 Å². The van der Waals surface area contributed by atoms with Crippen LogP contribution in [0.1, 0.15) is 9.75 Å². The lowest BCUT2D eigenvalue weighted by atomic mass is 10.4. The number of aliphatic hydroxyl groups excluding tert-OH is 1. The fourth-order valence-electron chi connectivity index (χ4n) is 1.48. The Kier molecular flexibility index (Phi) is 3.65. The lowest BCUT2D eigenvalue weighted by Crippen LogP contribution is -2.13. The molecule has 0 aliphatic carbocycles. The van der Waals surface area contributed by atoms with Gasteiger partial charge in [-0.05, 0) is 25.1 Å². The maximum absolute atomic E-state index is 12.1. The van der Waals surface area contributed by atoms with E-state index in [1.54, 1.807) is 25.1 Å². The second kappa shape index (κ2) is 5.05. The van der Waals surface area contributed by atoms with E-state index in [-0.39, 0.29) is 17.3 Å². The summed E-state index contributed by atoms with van der Waals surface area (Å²) in [4.78, 5) is 5.35. The predicted octanol–water partition coefficient (Wildman–Crippen LogP) is 1.74. The van der Waals surface area contributed by atoms with Gasteiger partial charge in [-0.3, -0.25) is 4.72 Å². The van der Waals surface area contributed by atoms with Gasteiger partial charge in [-0.2, -0.15) is 0 Å². The van der Waals surface area contributed by atoms with Crippen molar-refractivity contribution < 1.29 is 13.5 Å². The van der Waals surface area contributed by atoms with Crippen LogP contribution in [0.15, 0.2) is 35.4 Å². The zero-order valence-corrected chi connectivity index (χ0v) is 11.3. The van der Waals surface area contributed by atoms with Gasteiger partial charge in [0.05, 0.1) is 6.61 Å². The molecule has 18 heavy (non-hydrogen) atoms. The average Bonchev–Trinajstić information content (AvgIpc) is 2.72. The molecule has 0 saturated heterocycles. The van der Waals surface area contributed by atoms with E-state index in [2.05, 4.69) is 9.71 Å².